The van der Waals surface area contributed by atoms with Gasteiger partial charge in [-0.2, -0.15) is 0 Å². The minimum absolute atomic E-state index is 0.0250. The molecule has 0 saturated carbocycles. The van der Waals surface area contributed by atoms with E-state index in [4.69, 9.17) is 4.74 Å². The maximum absolute atomic E-state index is 11.1. The molecule has 6 heteroatoms. The van der Waals surface area contributed by atoms with Gasteiger partial charge in [-0.25, -0.2) is 0 Å². The van der Waals surface area contributed by atoms with Crippen LogP contribution in [0.4, 0.5) is 0 Å². The Kier molecular flexibility index (Phi) is 4.39. The Morgan fingerprint density at radius 3 is 1.91 bits per heavy atom. The van der Waals surface area contributed by atoms with Crippen molar-refractivity contribution in [3.8, 4) is 34.5 Å². The fourth-order valence-corrected chi connectivity index (χ4v) is 5.48. The van der Waals surface area contributed by atoms with Crippen molar-refractivity contribution in [3.63, 3.8) is 0 Å². The minimum atomic E-state index is -0.491. The largest absolute Gasteiger partial charge is 0.508 e. The summed E-state index contributed by atoms with van der Waals surface area (Å²) in [4.78, 5) is 0. The van der Waals surface area contributed by atoms with Crippen LogP contribution in [0.15, 0.2) is 72.8 Å². The van der Waals surface area contributed by atoms with Gasteiger partial charge < -0.3 is 30.3 Å². The smallest absolute Gasteiger partial charge is 0.135 e. The van der Waals surface area contributed by atoms with Crippen LogP contribution in [0.5, 0.6) is 34.5 Å². The number of hydrogen-bond acceptors (Lipinski definition) is 6. The molecule has 34 heavy (non-hydrogen) atoms. The van der Waals surface area contributed by atoms with Crippen LogP contribution in [-0.4, -0.2) is 25.5 Å². The zero-order chi connectivity index (χ0) is 23.6. The number of phenolic OH excluding ortho intramolecular Hbond substituents is 5. The van der Waals surface area contributed by atoms with Gasteiger partial charge in [-0.3, -0.25) is 0 Å². The first-order valence-corrected chi connectivity index (χ1v) is 11.0. The first-order chi connectivity index (χ1) is 16.4. The van der Waals surface area contributed by atoms with E-state index in [-0.39, 0.29) is 40.6 Å². The number of fused-ring (bicyclic) bond motifs is 2. The molecule has 2 aliphatic rings. The number of benzene rings is 4. The molecule has 0 radical (unpaired) electrons. The molecule has 0 saturated heterocycles. The van der Waals surface area contributed by atoms with E-state index in [2.05, 4.69) is 0 Å². The minimum Gasteiger partial charge on any atom is -0.508 e. The van der Waals surface area contributed by atoms with Crippen molar-refractivity contribution in [1.82, 2.24) is 0 Å². The lowest BCUT2D eigenvalue weighted by Gasteiger charge is -2.25. The van der Waals surface area contributed by atoms with E-state index < -0.39 is 6.10 Å². The van der Waals surface area contributed by atoms with Crippen LogP contribution in [0.2, 0.25) is 0 Å². The van der Waals surface area contributed by atoms with Gasteiger partial charge in [0.15, 0.2) is 0 Å². The lowest BCUT2D eigenvalue weighted by Crippen LogP contribution is -2.13. The van der Waals surface area contributed by atoms with E-state index in [0.717, 1.165) is 27.8 Å². The van der Waals surface area contributed by atoms with E-state index in [1.54, 1.807) is 54.6 Å². The topological polar surface area (TPSA) is 110 Å². The molecule has 1 aliphatic heterocycles. The fourth-order valence-electron chi connectivity index (χ4n) is 5.48. The molecule has 5 N–H and O–H groups in total. The SMILES string of the molecule is Oc1ccc([C@@H]2Cc3cc(O)cc4c3[C@H](c3cc(O)cc(O)c32)[C@@H](c2ccc(O)cc2)O4)cc1. The second-order valence-corrected chi connectivity index (χ2v) is 8.94. The number of phenols is 5. The van der Waals surface area contributed by atoms with Crippen LogP contribution in [0.1, 0.15) is 51.3 Å². The van der Waals surface area contributed by atoms with Crippen LogP contribution in [0, 0.1) is 0 Å². The van der Waals surface area contributed by atoms with Crippen molar-refractivity contribution < 1.29 is 30.3 Å². The molecule has 3 atom stereocenters. The van der Waals surface area contributed by atoms with Gasteiger partial charge in [0.05, 0.1) is 5.92 Å². The molecule has 6 rings (SSSR count). The quantitative estimate of drug-likeness (QED) is 0.286. The summed E-state index contributed by atoms with van der Waals surface area (Å²) in [6.45, 7) is 0. The van der Waals surface area contributed by atoms with Gasteiger partial charge in [-0.15, -0.1) is 0 Å². The third-order valence-electron chi connectivity index (χ3n) is 6.88. The van der Waals surface area contributed by atoms with E-state index in [9.17, 15) is 25.5 Å². The molecule has 170 valence electrons. The highest BCUT2D eigenvalue weighted by Crippen LogP contribution is 2.58. The van der Waals surface area contributed by atoms with Crippen molar-refractivity contribution in [2.75, 3.05) is 0 Å². The summed E-state index contributed by atoms with van der Waals surface area (Å²) < 4.78 is 6.35. The predicted octanol–water partition coefficient (Wildman–Crippen LogP) is 5.17. The monoisotopic (exact) mass is 454 g/mol. The van der Waals surface area contributed by atoms with Gasteiger partial charge in [-0.1, -0.05) is 24.3 Å². The molecule has 0 amide bonds. The van der Waals surface area contributed by atoms with Crippen molar-refractivity contribution in [3.05, 3.63) is 106 Å². The summed E-state index contributed by atoms with van der Waals surface area (Å²) in [5, 5.41) is 51.6. The average Bonchev–Trinajstić information content (AvgIpc) is 3.10. The molecule has 1 aliphatic carbocycles. The maximum Gasteiger partial charge on any atom is 0.135 e. The zero-order valence-electron chi connectivity index (χ0n) is 18.0. The Balaban J connectivity index is 1.64. The first-order valence-electron chi connectivity index (χ1n) is 11.0. The fraction of sp³-hybridized carbons (Fsp3) is 0.143. The first kappa shape index (κ1) is 20.3. The Morgan fingerprint density at radius 1 is 0.618 bits per heavy atom. The van der Waals surface area contributed by atoms with E-state index in [1.165, 1.54) is 6.07 Å². The number of aromatic hydroxyl groups is 5. The number of ether oxygens (including phenoxy) is 1. The summed E-state index contributed by atoms with van der Waals surface area (Å²) in [5.41, 5.74) is 4.90. The number of rotatable bonds is 2. The molecule has 0 bridgehead atoms. The highest BCUT2D eigenvalue weighted by Gasteiger charge is 2.44. The van der Waals surface area contributed by atoms with E-state index in [0.29, 0.717) is 17.7 Å². The molecular formula is C28H22O6. The third-order valence-corrected chi connectivity index (χ3v) is 6.88. The van der Waals surface area contributed by atoms with Gasteiger partial charge in [-0.05, 0) is 65.1 Å². The lowest BCUT2D eigenvalue weighted by molar-refractivity contribution is 0.221. The molecule has 0 fully saturated rings. The molecular weight excluding hydrogens is 432 g/mol. The second kappa shape index (κ2) is 7.35. The van der Waals surface area contributed by atoms with Crippen LogP contribution >= 0.6 is 0 Å². The van der Waals surface area contributed by atoms with Gasteiger partial charge >= 0.3 is 0 Å². The molecule has 0 aromatic heterocycles. The standard InChI is InChI=1S/C28H22O6/c29-17-5-1-14(2-6-17)21-10-16-9-19(31)13-24-25(16)27(22-11-20(32)12-23(33)26(21)22)28(34-24)15-3-7-18(30)8-4-15/h1-9,11-13,21,27-33H,10H2/t21-,27-,28+/m0/s1. The van der Waals surface area contributed by atoms with Gasteiger partial charge in [0.25, 0.3) is 0 Å². The number of hydrogen-bond donors (Lipinski definition) is 5. The third kappa shape index (κ3) is 3.10. The summed E-state index contributed by atoms with van der Waals surface area (Å²) in [7, 11) is 0. The van der Waals surface area contributed by atoms with Crippen molar-refractivity contribution in [1.29, 1.82) is 0 Å². The van der Waals surface area contributed by atoms with Crippen LogP contribution in [0.3, 0.4) is 0 Å². The highest BCUT2D eigenvalue weighted by molar-refractivity contribution is 5.64. The Hall–Kier alpha value is -4.32. The summed E-state index contributed by atoms with van der Waals surface area (Å²) in [6, 6.07) is 19.9. The van der Waals surface area contributed by atoms with Crippen LogP contribution in [-0.2, 0) is 6.42 Å². The molecule has 0 unspecified atom stereocenters. The Labute approximate surface area is 195 Å². The van der Waals surface area contributed by atoms with E-state index in [1.807, 2.05) is 12.1 Å². The lowest BCUT2D eigenvalue weighted by atomic mass is 9.80. The molecule has 4 aromatic carbocycles. The van der Waals surface area contributed by atoms with Gasteiger partial charge in [0.1, 0.15) is 40.6 Å². The normalized spacial score (nSPS) is 20.2. The molecule has 4 aromatic rings. The van der Waals surface area contributed by atoms with Crippen LogP contribution in [0.25, 0.3) is 0 Å². The van der Waals surface area contributed by atoms with Crippen molar-refractivity contribution in [2.45, 2.75) is 24.4 Å². The molecule has 6 nitrogen and oxygen atoms in total. The molecule has 1 heterocycles. The predicted molar refractivity (Wildman–Crippen MR) is 125 cm³/mol. The molecule has 0 spiro atoms. The van der Waals surface area contributed by atoms with Gasteiger partial charge in [0, 0.05) is 29.2 Å². The second-order valence-electron chi connectivity index (χ2n) is 8.94. The van der Waals surface area contributed by atoms with E-state index >= 15 is 0 Å². The highest BCUT2D eigenvalue weighted by atomic mass is 16.5. The average molecular weight is 454 g/mol. The maximum atomic E-state index is 11.1. The van der Waals surface area contributed by atoms with Crippen LogP contribution < -0.4 is 4.74 Å². The summed E-state index contributed by atoms with van der Waals surface area (Å²) in [5.74, 6) is 0.205. The summed E-state index contributed by atoms with van der Waals surface area (Å²) in [6.07, 6.45) is -0.00990. The Bertz CT molecular complexity index is 1410. The summed E-state index contributed by atoms with van der Waals surface area (Å²) >= 11 is 0. The van der Waals surface area contributed by atoms with Crippen molar-refractivity contribution >= 4 is 0 Å². The Morgan fingerprint density at radius 2 is 1.24 bits per heavy atom. The van der Waals surface area contributed by atoms with Crippen molar-refractivity contribution in [2.24, 2.45) is 0 Å². The van der Waals surface area contributed by atoms with Gasteiger partial charge in [0.2, 0.25) is 0 Å². The zero-order valence-corrected chi connectivity index (χ0v) is 18.0.